The molecule has 0 bridgehead atoms. The van der Waals surface area contributed by atoms with Crippen LogP contribution in [0.2, 0.25) is 0 Å². The van der Waals surface area contributed by atoms with Gasteiger partial charge in [-0.15, -0.1) is 10.2 Å². The molecule has 2 aromatic heterocycles. The minimum atomic E-state index is -0.304. The second kappa shape index (κ2) is 6.30. The van der Waals surface area contributed by atoms with Gasteiger partial charge in [-0.25, -0.2) is 0 Å². The van der Waals surface area contributed by atoms with Gasteiger partial charge in [0, 0.05) is 6.42 Å². The predicted molar refractivity (Wildman–Crippen MR) is 79.3 cm³/mol. The molecule has 0 unspecified atom stereocenters. The van der Waals surface area contributed by atoms with Gasteiger partial charge in [0.05, 0.1) is 5.69 Å². The first-order chi connectivity index (χ1) is 10.2. The monoisotopic (exact) mass is 306 g/mol. The van der Waals surface area contributed by atoms with Crippen LogP contribution in [-0.4, -0.2) is 31.5 Å². The standard InChI is InChI=1S/C13H18N6OS/c1-8-11(17-19-15-8)12(20)14-13-18-16-10(21-13)7-9-5-3-2-4-6-9/h9H,2-7H2,1H3,(H,14,18,20)(H,15,17,19). The first-order valence-electron chi connectivity index (χ1n) is 7.23. The van der Waals surface area contributed by atoms with E-state index in [-0.39, 0.29) is 5.91 Å². The SMILES string of the molecule is Cc1n[nH]nc1C(=O)Nc1nnc(CC2CCCCC2)s1. The lowest BCUT2D eigenvalue weighted by Crippen LogP contribution is -2.13. The number of H-pyrrole nitrogens is 1. The van der Waals surface area contributed by atoms with Crippen LogP contribution in [0.25, 0.3) is 0 Å². The minimum Gasteiger partial charge on any atom is -0.295 e. The van der Waals surface area contributed by atoms with Crippen LogP contribution in [0.3, 0.4) is 0 Å². The number of amides is 1. The highest BCUT2D eigenvalue weighted by Crippen LogP contribution is 2.28. The lowest BCUT2D eigenvalue weighted by Gasteiger charge is -2.19. The Kier molecular flexibility index (Phi) is 4.23. The fourth-order valence-corrected chi connectivity index (χ4v) is 3.53. The summed E-state index contributed by atoms with van der Waals surface area (Å²) in [5.41, 5.74) is 0.860. The van der Waals surface area contributed by atoms with E-state index in [1.807, 2.05) is 0 Å². The number of rotatable bonds is 4. The van der Waals surface area contributed by atoms with E-state index in [4.69, 9.17) is 0 Å². The molecule has 0 atom stereocenters. The van der Waals surface area contributed by atoms with E-state index in [9.17, 15) is 4.79 Å². The summed E-state index contributed by atoms with van der Waals surface area (Å²) < 4.78 is 0. The number of hydrogen-bond donors (Lipinski definition) is 2. The summed E-state index contributed by atoms with van der Waals surface area (Å²) in [6, 6.07) is 0. The Morgan fingerprint density at radius 3 is 2.81 bits per heavy atom. The summed E-state index contributed by atoms with van der Waals surface area (Å²) in [5.74, 6) is 0.412. The zero-order valence-electron chi connectivity index (χ0n) is 11.9. The lowest BCUT2D eigenvalue weighted by atomic mass is 9.87. The molecule has 1 amide bonds. The highest BCUT2D eigenvalue weighted by atomic mass is 32.1. The normalized spacial score (nSPS) is 16.0. The molecule has 1 aliphatic carbocycles. The van der Waals surface area contributed by atoms with Gasteiger partial charge in [0.1, 0.15) is 5.01 Å². The van der Waals surface area contributed by atoms with Gasteiger partial charge in [0.25, 0.3) is 5.91 Å². The average molecular weight is 306 g/mol. The molecule has 112 valence electrons. The molecule has 3 rings (SSSR count). The first-order valence-corrected chi connectivity index (χ1v) is 8.05. The molecule has 8 heteroatoms. The maximum Gasteiger partial charge on any atom is 0.279 e. The van der Waals surface area contributed by atoms with Gasteiger partial charge in [-0.2, -0.15) is 15.4 Å². The van der Waals surface area contributed by atoms with Crippen LogP contribution in [0, 0.1) is 12.8 Å². The lowest BCUT2D eigenvalue weighted by molar-refractivity contribution is 0.102. The van der Waals surface area contributed by atoms with Gasteiger partial charge < -0.3 is 0 Å². The third kappa shape index (κ3) is 3.44. The van der Waals surface area contributed by atoms with Gasteiger partial charge in [-0.1, -0.05) is 43.4 Å². The summed E-state index contributed by atoms with van der Waals surface area (Å²) in [4.78, 5) is 12.0. The molecule has 7 nitrogen and oxygen atoms in total. The molecular formula is C13H18N6OS. The van der Waals surface area contributed by atoms with Crippen LogP contribution < -0.4 is 5.32 Å². The van der Waals surface area contributed by atoms with Crippen molar-refractivity contribution in [1.82, 2.24) is 25.6 Å². The predicted octanol–water partition coefficient (Wildman–Crippen LogP) is 2.34. The number of nitrogens with one attached hydrogen (secondary N) is 2. The molecule has 0 aromatic carbocycles. The quantitative estimate of drug-likeness (QED) is 0.903. The van der Waals surface area contributed by atoms with E-state index in [1.165, 1.54) is 43.4 Å². The molecule has 1 aliphatic rings. The number of aromatic nitrogens is 5. The number of carbonyl (C=O) groups is 1. The van der Waals surface area contributed by atoms with Crippen molar-refractivity contribution in [2.45, 2.75) is 45.4 Å². The summed E-state index contributed by atoms with van der Waals surface area (Å²) in [5, 5.41) is 22.5. The van der Waals surface area contributed by atoms with Crippen LogP contribution in [-0.2, 0) is 6.42 Å². The van der Waals surface area contributed by atoms with Crippen molar-refractivity contribution in [3.63, 3.8) is 0 Å². The van der Waals surface area contributed by atoms with Gasteiger partial charge in [-0.05, 0) is 12.8 Å². The highest BCUT2D eigenvalue weighted by molar-refractivity contribution is 7.15. The zero-order valence-corrected chi connectivity index (χ0v) is 12.7. The van der Waals surface area contributed by atoms with Crippen molar-refractivity contribution < 1.29 is 4.79 Å². The molecular weight excluding hydrogens is 288 g/mol. The summed E-state index contributed by atoms with van der Waals surface area (Å²) in [6.07, 6.45) is 7.51. The third-order valence-electron chi connectivity index (χ3n) is 3.81. The van der Waals surface area contributed by atoms with Crippen LogP contribution in [0.15, 0.2) is 0 Å². The molecule has 2 N–H and O–H groups in total. The van der Waals surface area contributed by atoms with Crippen molar-refractivity contribution in [3.05, 3.63) is 16.4 Å². The Bertz CT molecular complexity index is 616. The summed E-state index contributed by atoms with van der Waals surface area (Å²) >= 11 is 1.45. The molecule has 21 heavy (non-hydrogen) atoms. The average Bonchev–Trinajstić information content (AvgIpc) is 3.09. The number of aryl methyl sites for hydroxylation is 1. The summed E-state index contributed by atoms with van der Waals surface area (Å²) in [6.45, 7) is 1.73. The second-order valence-corrected chi connectivity index (χ2v) is 6.48. The van der Waals surface area contributed by atoms with Crippen LogP contribution >= 0.6 is 11.3 Å². The number of carbonyl (C=O) groups excluding carboxylic acids is 1. The third-order valence-corrected chi connectivity index (χ3v) is 4.67. The van der Waals surface area contributed by atoms with Gasteiger partial charge >= 0.3 is 0 Å². The fraction of sp³-hybridized carbons (Fsp3) is 0.615. The van der Waals surface area contributed by atoms with E-state index in [1.54, 1.807) is 6.92 Å². The second-order valence-electron chi connectivity index (χ2n) is 5.42. The van der Waals surface area contributed by atoms with E-state index < -0.39 is 0 Å². The van der Waals surface area contributed by atoms with Crippen molar-refractivity contribution in [3.8, 4) is 0 Å². The molecule has 2 heterocycles. The highest BCUT2D eigenvalue weighted by Gasteiger charge is 2.18. The maximum absolute atomic E-state index is 12.0. The Hall–Kier alpha value is -1.83. The molecule has 1 saturated carbocycles. The molecule has 0 saturated heterocycles. The van der Waals surface area contributed by atoms with Crippen molar-refractivity contribution in [1.29, 1.82) is 0 Å². The Morgan fingerprint density at radius 2 is 2.10 bits per heavy atom. The van der Waals surface area contributed by atoms with Crippen LogP contribution in [0.1, 0.15) is 53.3 Å². The topological polar surface area (TPSA) is 96.5 Å². The fourth-order valence-electron chi connectivity index (χ4n) is 2.68. The van der Waals surface area contributed by atoms with Gasteiger partial charge in [0.2, 0.25) is 5.13 Å². The van der Waals surface area contributed by atoms with Gasteiger partial charge in [0.15, 0.2) is 5.69 Å². The molecule has 0 radical (unpaired) electrons. The minimum absolute atomic E-state index is 0.291. The van der Waals surface area contributed by atoms with Gasteiger partial charge in [-0.3, -0.25) is 10.1 Å². The van der Waals surface area contributed by atoms with Crippen molar-refractivity contribution in [2.75, 3.05) is 5.32 Å². The number of nitrogens with zero attached hydrogens (tertiary/aromatic N) is 4. The molecule has 0 spiro atoms. The van der Waals surface area contributed by atoms with Crippen LogP contribution in [0.5, 0.6) is 0 Å². The zero-order chi connectivity index (χ0) is 14.7. The van der Waals surface area contributed by atoms with E-state index in [0.717, 1.165) is 11.4 Å². The number of hydrogen-bond acceptors (Lipinski definition) is 6. The Balaban J connectivity index is 1.60. The van der Waals surface area contributed by atoms with E-state index in [2.05, 4.69) is 30.9 Å². The largest absolute Gasteiger partial charge is 0.295 e. The van der Waals surface area contributed by atoms with Crippen molar-refractivity contribution in [2.24, 2.45) is 5.92 Å². The smallest absolute Gasteiger partial charge is 0.279 e. The molecule has 1 fully saturated rings. The number of aromatic amines is 1. The molecule has 0 aliphatic heterocycles. The first kappa shape index (κ1) is 14.1. The summed E-state index contributed by atoms with van der Waals surface area (Å²) in [7, 11) is 0. The van der Waals surface area contributed by atoms with Crippen molar-refractivity contribution >= 4 is 22.4 Å². The van der Waals surface area contributed by atoms with E-state index >= 15 is 0 Å². The molecule has 2 aromatic rings. The number of anilines is 1. The Morgan fingerprint density at radius 1 is 1.29 bits per heavy atom. The van der Waals surface area contributed by atoms with Crippen LogP contribution in [0.4, 0.5) is 5.13 Å². The maximum atomic E-state index is 12.0. The Labute approximate surface area is 126 Å². The van der Waals surface area contributed by atoms with E-state index in [0.29, 0.717) is 22.4 Å².